The molecule has 0 spiro atoms. The maximum atomic E-state index is 12.4. The van der Waals surface area contributed by atoms with Crippen LogP contribution in [0.25, 0.3) is 0 Å². The summed E-state index contributed by atoms with van der Waals surface area (Å²) in [7, 11) is 3.86. The van der Waals surface area contributed by atoms with Crippen LogP contribution in [-0.2, 0) is 11.2 Å². The highest BCUT2D eigenvalue weighted by Crippen LogP contribution is 2.09. The lowest BCUT2D eigenvalue weighted by Gasteiger charge is -2.18. The van der Waals surface area contributed by atoms with Crippen molar-refractivity contribution in [3.63, 3.8) is 0 Å². The van der Waals surface area contributed by atoms with Crippen molar-refractivity contribution in [3.8, 4) is 0 Å². The summed E-state index contributed by atoms with van der Waals surface area (Å²) in [6, 6.07) is 6.66. The Morgan fingerprint density at radius 2 is 1.86 bits per heavy atom. The van der Waals surface area contributed by atoms with Gasteiger partial charge in [0.1, 0.15) is 0 Å². The largest absolute Gasteiger partial charge is 0.481 e. The van der Waals surface area contributed by atoms with Gasteiger partial charge < -0.3 is 15.3 Å². The molecule has 0 aliphatic heterocycles. The Hall–Kier alpha value is -1.72. The second kappa shape index (κ2) is 8.54. The molecule has 2 N–H and O–H groups in total. The minimum absolute atomic E-state index is 0.168. The van der Waals surface area contributed by atoms with Crippen molar-refractivity contribution in [1.29, 1.82) is 0 Å². The minimum Gasteiger partial charge on any atom is -0.481 e. The van der Waals surface area contributed by atoms with Crippen LogP contribution < -0.4 is 5.32 Å². The van der Waals surface area contributed by atoms with Crippen LogP contribution in [0.2, 0.25) is 0 Å². The summed E-state index contributed by atoms with van der Waals surface area (Å²) >= 11 is 0. The zero-order valence-electron chi connectivity index (χ0n) is 12.9. The molecule has 1 aromatic carbocycles. The van der Waals surface area contributed by atoms with Crippen LogP contribution in [0.15, 0.2) is 24.3 Å². The molecule has 0 heterocycles. The molecule has 1 atom stereocenters. The SMILES string of the molecule is CCc1ccc(C(=O)C(CC(=O)O)NCCN(C)C)cc1. The molecule has 0 aliphatic carbocycles. The van der Waals surface area contributed by atoms with Crippen LogP contribution >= 0.6 is 0 Å². The molecule has 0 aromatic heterocycles. The van der Waals surface area contributed by atoms with Gasteiger partial charge in [-0.15, -0.1) is 0 Å². The quantitative estimate of drug-likeness (QED) is 0.674. The first-order chi connectivity index (χ1) is 9.93. The third-order valence-corrected chi connectivity index (χ3v) is 3.29. The van der Waals surface area contributed by atoms with Gasteiger partial charge in [-0.3, -0.25) is 9.59 Å². The lowest BCUT2D eigenvalue weighted by molar-refractivity contribution is -0.137. The maximum absolute atomic E-state index is 12.4. The van der Waals surface area contributed by atoms with Crippen LogP contribution in [0, 0.1) is 0 Å². The number of nitrogens with one attached hydrogen (secondary N) is 1. The highest BCUT2D eigenvalue weighted by molar-refractivity contribution is 6.01. The zero-order valence-corrected chi connectivity index (χ0v) is 12.9. The van der Waals surface area contributed by atoms with Crippen molar-refractivity contribution < 1.29 is 14.7 Å². The standard InChI is InChI=1S/C16H24N2O3/c1-4-12-5-7-13(8-6-12)16(21)14(11-15(19)20)17-9-10-18(2)3/h5-8,14,17H,4,9-11H2,1-3H3,(H,19,20). The van der Waals surface area contributed by atoms with E-state index >= 15 is 0 Å². The Morgan fingerprint density at radius 3 is 2.33 bits per heavy atom. The minimum atomic E-state index is -0.976. The average Bonchev–Trinajstić information content (AvgIpc) is 2.45. The van der Waals surface area contributed by atoms with E-state index in [0.29, 0.717) is 12.1 Å². The number of aliphatic carboxylic acids is 1. The van der Waals surface area contributed by atoms with Crippen LogP contribution in [0.3, 0.4) is 0 Å². The van der Waals surface area contributed by atoms with E-state index in [1.54, 1.807) is 12.1 Å². The summed E-state index contributed by atoms with van der Waals surface area (Å²) in [6.45, 7) is 3.37. The molecule has 21 heavy (non-hydrogen) atoms. The van der Waals surface area contributed by atoms with Crippen LogP contribution in [0.1, 0.15) is 29.3 Å². The topological polar surface area (TPSA) is 69.6 Å². The molecule has 0 saturated carbocycles. The molecule has 0 aliphatic rings. The van der Waals surface area contributed by atoms with Crippen molar-refractivity contribution in [3.05, 3.63) is 35.4 Å². The Labute approximate surface area is 126 Å². The molecule has 1 unspecified atom stereocenters. The van der Waals surface area contributed by atoms with E-state index in [4.69, 9.17) is 5.11 Å². The number of aryl methyl sites for hydroxylation is 1. The first kappa shape index (κ1) is 17.3. The summed E-state index contributed by atoms with van der Waals surface area (Å²) in [4.78, 5) is 25.3. The second-order valence-electron chi connectivity index (χ2n) is 5.32. The van der Waals surface area contributed by atoms with E-state index < -0.39 is 12.0 Å². The number of ketones is 1. The fourth-order valence-electron chi connectivity index (χ4n) is 2.00. The first-order valence-corrected chi connectivity index (χ1v) is 7.17. The number of Topliss-reactive ketones (excluding diaryl/α,β-unsaturated/α-hetero) is 1. The zero-order chi connectivity index (χ0) is 15.8. The van der Waals surface area contributed by atoms with Crippen molar-refractivity contribution >= 4 is 11.8 Å². The first-order valence-electron chi connectivity index (χ1n) is 7.17. The maximum Gasteiger partial charge on any atom is 0.305 e. The van der Waals surface area contributed by atoms with Gasteiger partial charge >= 0.3 is 5.97 Å². The number of benzene rings is 1. The van der Waals surface area contributed by atoms with E-state index in [1.807, 2.05) is 38.1 Å². The van der Waals surface area contributed by atoms with E-state index in [1.165, 1.54) is 0 Å². The molecule has 1 rings (SSSR count). The molecule has 0 amide bonds. The van der Waals surface area contributed by atoms with Gasteiger partial charge in [0.15, 0.2) is 5.78 Å². The number of carboxylic acids is 1. The predicted octanol–water partition coefficient (Wildman–Crippen LogP) is 1.43. The molecule has 1 aromatic rings. The lowest BCUT2D eigenvalue weighted by Crippen LogP contribution is -2.41. The van der Waals surface area contributed by atoms with Crippen LogP contribution in [0.4, 0.5) is 0 Å². The normalized spacial score (nSPS) is 12.4. The number of likely N-dealkylation sites (N-methyl/N-ethyl adjacent to an activating group) is 1. The molecule has 5 nitrogen and oxygen atoms in total. The van der Waals surface area contributed by atoms with Crippen molar-refractivity contribution in [2.45, 2.75) is 25.8 Å². The van der Waals surface area contributed by atoms with Gasteiger partial charge in [0.2, 0.25) is 0 Å². The molecule has 5 heteroatoms. The second-order valence-corrected chi connectivity index (χ2v) is 5.32. The van der Waals surface area contributed by atoms with Crippen molar-refractivity contribution in [2.24, 2.45) is 0 Å². The molecule has 0 fully saturated rings. The molecular formula is C16H24N2O3. The van der Waals surface area contributed by atoms with Crippen LogP contribution in [0.5, 0.6) is 0 Å². The Balaban J connectivity index is 2.75. The van der Waals surface area contributed by atoms with E-state index in [2.05, 4.69) is 5.32 Å². The van der Waals surface area contributed by atoms with Gasteiger partial charge in [-0.1, -0.05) is 31.2 Å². The summed E-state index contributed by atoms with van der Waals surface area (Å²) < 4.78 is 0. The Kier molecular flexibility index (Phi) is 7.05. The van der Waals surface area contributed by atoms with Gasteiger partial charge in [-0.25, -0.2) is 0 Å². The van der Waals surface area contributed by atoms with E-state index in [9.17, 15) is 9.59 Å². The van der Waals surface area contributed by atoms with Gasteiger partial charge in [-0.2, -0.15) is 0 Å². The summed E-state index contributed by atoms with van der Waals surface area (Å²) in [5.74, 6) is -1.14. The fraction of sp³-hybridized carbons (Fsp3) is 0.500. The smallest absolute Gasteiger partial charge is 0.305 e. The number of hydrogen-bond donors (Lipinski definition) is 2. The third-order valence-electron chi connectivity index (χ3n) is 3.29. The number of carbonyl (C=O) groups is 2. The Bertz CT molecular complexity index is 469. The van der Waals surface area contributed by atoms with Gasteiger partial charge in [0.25, 0.3) is 0 Å². The predicted molar refractivity (Wildman–Crippen MR) is 82.7 cm³/mol. The van der Waals surface area contributed by atoms with Crippen molar-refractivity contribution in [2.75, 3.05) is 27.2 Å². The van der Waals surface area contributed by atoms with Crippen LogP contribution in [-0.4, -0.2) is 55.0 Å². The average molecular weight is 292 g/mol. The third kappa shape index (κ3) is 6.06. The summed E-state index contributed by atoms with van der Waals surface area (Å²) in [6.07, 6.45) is 0.704. The summed E-state index contributed by atoms with van der Waals surface area (Å²) in [5.41, 5.74) is 1.71. The molecule has 0 saturated heterocycles. The summed E-state index contributed by atoms with van der Waals surface area (Å²) in [5, 5.41) is 12.0. The monoisotopic (exact) mass is 292 g/mol. The van der Waals surface area contributed by atoms with Crippen molar-refractivity contribution in [1.82, 2.24) is 10.2 Å². The highest BCUT2D eigenvalue weighted by Gasteiger charge is 2.22. The fourth-order valence-corrected chi connectivity index (χ4v) is 2.00. The number of rotatable bonds is 9. The van der Waals surface area contributed by atoms with Gasteiger partial charge in [0.05, 0.1) is 12.5 Å². The molecule has 0 radical (unpaired) electrons. The number of nitrogens with zero attached hydrogens (tertiary/aromatic N) is 1. The highest BCUT2D eigenvalue weighted by atomic mass is 16.4. The molecular weight excluding hydrogens is 268 g/mol. The number of hydrogen-bond acceptors (Lipinski definition) is 4. The van der Waals surface area contributed by atoms with E-state index in [-0.39, 0.29) is 12.2 Å². The molecule has 0 bridgehead atoms. The number of carboxylic acid groups (broad SMARTS) is 1. The van der Waals surface area contributed by atoms with Gasteiger partial charge in [-0.05, 0) is 26.1 Å². The lowest BCUT2D eigenvalue weighted by atomic mass is 10.00. The van der Waals surface area contributed by atoms with E-state index in [0.717, 1.165) is 18.5 Å². The Morgan fingerprint density at radius 1 is 1.24 bits per heavy atom. The van der Waals surface area contributed by atoms with Gasteiger partial charge in [0, 0.05) is 18.7 Å². The number of carbonyl (C=O) groups excluding carboxylic acids is 1. The molecule has 116 valence electrons.